The highest BCUT2D eigenvalue weighted by Crippen LogP contribution is 2.29. The van der Waals surface area contributed by atoms with Gasteiger partial charge in [-0.2, -0.15) is 5.21 Å². The lowest BCUT2D eigenvalue weighted by molar-refractivity contribution is -0.142. The number of hydrogen-bond donors (Lipinski definition) is 16. The summed E-state index contributed by atoms with van der Waals surface area (Å²) in [6.45, 7) is 10.3. The Morgan fingerprint density at radius 3 is 1.93 bits per heavy atom. The number of nitrogens with two attached hydrogens (primary N) is 1. The van der Waals surface area contributed by atoms with Crippen molar-refractivity contribution in [2.45, 2.75) is 199 Å². The number of carbonyl (C=O) groups excluding carboxylic acids is 12. The van der Waals surface area contributed by atoms with Gasteiger partial charge in [-0.25, -0.2) is 4.39 Å². The molecule has 17 N–H and O–H groups in total. The number of ether oxygens (including phenoxy) is 1. The number of aliphatic hydroxyl groups excluding tert-OH is 3. The van der Waals surface area contributed by atoms with Crippen LogP contribution in [0.1, 0.15) is 132 Å². The summed E-state index contributed by atoms with van der Waals surface area (Å²) in [6, 6.07) is 8.94. The quantitative estimate of drug-likeness (QED) is 0.0105. The average molecular weight is 1600 g/mol. The van der Waals surface area contributed by atoms with Gasteiger partial charge < -0.3 is 89.0 Å². The van der Waals surface area contributed by atoms with E-state index in [9.17, 15) is 82.8 Å². The van der Waals surface area contributed by atoms with E-state index in [4.69, 9.17) is 16.0 Å². The van der Waals surface area contributed by atoms with Crippen molar-refractivity contribution in [3.05, 3.63) is 140 Å². The van der Waals surface area contributed by atoms with Gasteiger partial charge >= 0.3 is 5.97 Å². The fourth-order valence-corrected chi connectivity index (χ4v) is 12.6. The van der Waals surface area contributed by atoms with Crippen molar-refractivity contribution in [1.82, 2.24) is 78.7 Å². The Kier molecular flexibility index (Phi) is 36.4. The summed E-state index contributed by atoms with van der Waals surface area (Å²) in [7, 11) is 0. The molecular formula is C77H104FN19O18. The van der Waals surface area contributed by atoms with E-state index in [0.29, 0.717) is 69.5 Å². The number of tetrazole rings is 1. The first kappa shape index (κ1) is 91.9. The maximum Gasteiger partial charge on any atom is 0.305 e. The molecule has 1 aliphatic heterocycles. The van der Waals surface area contributed by atoms with Gasteiger partial charge in [0.25, 0.3) is 0 Å². The van der Waals surface area contributed by atoms with Gasteiger partial charge in [-0.3, -0.25) is 62.3 Å². The SMILES string of the molecule is CCc1cc(OCCCCN=[N+]=[N-])ccc1-c1ccc(C[C@H](NC(=O)[C@H](CC(=O)O)NC(=O)[C@H](CO)NC(=O)C(NC(=O)[C@H](Cc2ccccc2F)NC(=O)C(NC(=O)CNC(=O)[C@H](Cc2nn[nH]n2)NC(=O)C(C)(C)CC(=O)NCCN2CCCCC2=O)[C@@H](C)O)C(C)O)C(=O)N[C@@H](CCCc2cc(C)cc(C)c2)C(N)=O)cc1. The normalized spacial score (nSPS) is 14.6. The number of hydrogen-bond acceptors (Lipinski definition) is 21. The van der Waals surface area contributed by atoms with Crippen LogP contribution in [0.25, 0.3) is 21.6 Å². The molecule has 6 rings (SSSR count). The molecule has 1 aliphatic rings. The number of piperidine rings is 1. The molecule has 2 heterocycles. The standard InChI is InChI=1S/C77H104FN19O18/c1-8-49-36-52(115-31-14-12-27-83-94-80)25-26-53(49)50-23-21-47(22-24-50)35-56(70(108)84-55(68(79)106)19-15-16-48-33-43(2)32-44(3)34-48)85-71(109)59(39-65(104)105)86-73(111)60(42-98)88-75(113)67(46(5)100)91-72(110)57(37-51-17-9-10-18-54(51)78)87-74(112)66(45(4)99)90-63(102)41-82-69(107)58(38-61-92-95-96-93-61)89-76(114)77(6,7)40-62(101)81-28-30-97-29-13-11-20-64(97)103/h9-10,17-18,21-26,32-34,36,45-46,55-60,66-67,98-100H,8,11-16,19-20,27-31,35,37-42H2,1-7H3,(H2,79,106)(H,81,101)(H,82,107)(H,84,108)(H,85,109)(H,86,111)(H,87,112)(H,88,113)(H,89,114)(H,90,102)(H,91,110)(H,104,105)(H,92,93,95,96)/t45-,46?,55+,56+,57+,58+,59+,60+,66?,67?/m1/s1. The molecule has 4 aromatic carbocycles. The number of likely N-dealkylation sites (tertiary alicyclic amines) is 1. The molecule has 622 valence electrons. The molecule has 1 saturated heterocycles. The highest BCUT2D eigenvalue weighted by atomic mass is 19.1. The Labute approximate surface area is 663 Å². The number of halogens is 1. The summed E-state index contributed by atoms with van der Waals surface area (Å²) in [6.07, 6.45) is -1.64. The summed E-state index contributed by atoms with van der Waals surface area (Å²) in [4.78, 5) is 182. The molecule has 0 spiro atoms. The van der Waals surface area contributed by atoms with E-state index < -0.39 is 169 Å². The molecule has 0 radical (unpaired) electrons. The molecule has 0 saturated carbocycles. The monoisotopic (exact) mass is 1600 g/mol. The van der Waals surface area contributed by atoms with E-state index in [2.05, 4.69) is 83.8 Å². The number of benzene rings is 4. The van der Waals surface area contributed by atoms with Crippen molar-refractivity contribution in [2.24, 2.45) is 16.3 Å². The van der Waals surface area contributed by atoms with Crippen LogP contribution in [0.3, 0.4) is 0 Å². The molecule has 38 heteroatoms. The number of nitrogens with zero attached hydrogens (tertiary/aromatic N) is 7. The molecular weight excluding hydrogens is 1500 g/mol. The van der Waals surface area contributed by atoms with E-state index in [0.717, 1.165) is 66.1 Å². The predicted molar refractivity (Wildman–Crippen MR) is 413 cm³/mol. The second kappa shape index (κ2) is 45.6. The van der Waals surface area contributed by atoms with Gasteiger partial charge in [0.15, 0.2) is 5.82 Å². The first-order valence-corrected chi connectivity index (χ1v) is 37.8. The maximum absolute atomic E-state index is 15.4. The highest BCUT2D eigenvalue weighted by molar-refractivity contribution is 6.00. The number of primary amides is 1. The molecule has 0 aliphatic carbocycles. The third-order valence-corrected chi connectivity index (χ3v) is 18.8. The van der Waals surface area contributed by atoms with Crippen LogP contribution in [0.4, 0.5) is 4.39 Å². The van der Waals surface area contributed by atoms with Crippen LogP contribution >= 0.6 is 0 Å². The van der Waals surface area contributed by atoms with Gasteiger partial charge in [0.1, 0.15) is 59.9 Å². The van der Waals surface area contributed by atoms with E-state index in [1.807, 2.05) is 57.2 Å². The number of azide groups is 1. The number of nitrogens with one attached hydrogen (secondary N) is 11. The number of aliphatic carboxylic acids is 1. The lowest BCUT2D eigenvalue weighted by Gasteiger charge is -2.28. The fourth-order valence-electron chi connectivity index (χ4n) is 12.6. The van der Waals surface area contributed by atoms with Gasteiger partial charge in [0.05, 0.1) is 43.8 Å². The van der Waals surface area contributed by atoms with E-state index in [1.165, 1.54) is 32.0 Å². The van der Waals surface area contributed by atoms with Gasteiger partial charge in [0, 0.05) is 63.2 Å². The van der Waals surface area contributed by atoms with Crippen LogP contribution in [-0.2, 0) is 94.4 Å². The molecule has 0 bridgehead atoms. The van der Waals surface area contributed by atoms with Crippen molar-refractivity contribution < 1.29 is 91.9 Å². The number of rotatable bonds is 47. The van der Waals surface area contributed by atoms with Crippen molar-refractivity contribution in [3.8, 4) is 16.9 Å². The van der Waals surface area contributed by atoms with Crippen LogP contribution in [0, 0.1) is 25.1 Å². The Morgan fingerprint density at radius 1 is 0.687 bits per heavy atom. The van der Waals surface area contributed by atoms with E-state index >= 15 is 4.39 Å². The lowest BCUT2D eigenvalue weighted by Crippen LogP contribution is -2.63. The number of unbranched alkanes of at least 4 members (excludes halogenated alkanes) is 1. The zero-order valence-electron chi connectivity index (χ0n) is 65.3. The predicted octanol–water partition coefficient (Wildman–Crippen LogP) is -0.0414. The number of carboxylic acids is 1. The van der Waals surface area contributed by atoms with Crippen molar-refractivity contribution in [2.75, 3.05) is 45.9 Å². The van der Waals surface area contributed by atoms with Crippen LogP contribution in [0.2, 0.25) is 0 Å². The number of carboxylic acid groups (broad SMARTS) is 1. The minimum atomic E-state index is -2.10. The lowest BCUT2D eigenvalue weighted by atomic mass is 9.87. The van der Waals surface area contributed by atoms with Gasteiger partial charge in [-0.1, -0.05) is 109 Å². The van der Waals surface area contributed by atoms with E-state index in [-0.39, 0.29) is 56.1 Å². The van der Waals surface area contributed by atoms with Gasteiger partial charge in [0.2, 0.25) is 70.9 Å². The number of amides is 12. The van der Waals surface area contributed by atoms with Crippen molar-refractivity contribution in [1.29, 1.82) is 0 Å². The molecule has 10 atom stereocenters. The van der Waals surface area contributed by atoms with Crippen LogP contribution in [0.15, 0.2) is 90.0 Å². The molecule has 12 amide bonds. The topological polar surface area (TPSA) is 565 Å². The maximum atomic E-state index is 15.4. The molecule has 3 unspecified atom stereocenters. The number of aryl methyl sites for hydroxylation is 4. The Hall–Kier alpha value is -12.0. The van der Waals surface area contributed by atoms with Gasteiger partial charge in [-0.05, 0) is 136 Å². The Morgan fingerprint density at radius 2 is 1.30 bits per heavy atom. The molecule has 5 aromatic rings. The largest absolute Gasteiger partial charge is 0.494 e. The summed E-state index contributed by atoms with van der Waals surface area (Å²) < 4.78 is 21.3. The van der Waals surface area contributed by atoms with Crippen LogP contribution in [0.5, 0.6) is 5.75 Å². The van der Waals surface area contributed by atoms with Crippen molar-refractivity contribution >= 4 is 76.9 Å². The summed E-state index contributed by atoms with van der Waals surface area (Å²) in [5.74, 6) is -13.9. The second-order valence-electron chi connectivity index (χ2n) is 28.8. The number of carbonyl (C=O) groups is 13. The minimum Gasteiger partial charge on any atom is -0.494 e. The third kappa shape index (κ3) is 30.1. The van der Waals surface area contributed by atoms with Crippen LogP contribution in [-0.4, -0.2) is 229 Å². The van der Waals surface area contributed by atoms with Gasteiger partial charge in [-0.15, -0.1) is 10.2 Å². The zero-order valence-corrected chi connectivity index (χ0v) is 65.3. The fraction of sp³-hybridized carbons (Fsp3) is 0.506. The molecule has 37 nitrogen and oxygen atoms in total. The van der Waals surface area contributed by atoms with Crippen LogP contribution < -0.4 is 63.6 Å². The first-order valence-electron chi connectivity index (χ1n) is 37.8. The number of aromatic amines is 1. The number of H-pyrrole nitrogens is 1. The summed E-state index contributed by atoms with van der Waals surface area (Å²) in [5.41, 5.74) is 18.8. The van der Waals surface area contributed by atoms with Crippen molar-refractivity contribution in [3.63, 3.8) is 0 Å². The Balaban J connectivity index is 1.14. The number of aliphatic hydroxyl groups is 3. The number of aromatic nitrogens is 4. The first-order chi connectivity index (χ1) is 54.7. The Bertz CT molecular complexity index is 4240. The average Bonchev–Trinajstić information content (AvgIpc) is 1.36. The molecule has 115 heavy (non-hydrogen) atoms. The highest BCUT2D eigenvalue weighted by Gasteiger charge is 2.39. The smallest absolute Gasteiger partial charge is 0.305 e. The third-order valence-electron chi connectivity index (χ3n) is 18.8. The zero-order chi connectivity index (χ0) is 84.5. The van der Waals surface area contributed by atoms with E-state index in [1.54, 1.807) is 29.2 Å². The second-order valence-corrected chi connectivity index (χ2v) is 28.8. The molecule has 1 aromatic heterocycles. The molecule has 1 fully saturated rings. The minimum absolute atomic E-state index is 0.0262. The summed E-state index contributed by atoms with van der Waals surface area (Å²) >= 11 is 0. The summed E-state index contributed by atoms with van der Waals surface area (Å²) in [5, 5.41) is 83.2.